The lowest BCUT2D eigenvalue weighted by Crippen LogP contribution is -2.63. The molecule has 3 fully saturated rings. The second-order valence-corrected chi connectivity index (χ2v) is 8.41. The van der Waals surface area contributed by atoms with Crippen LogP contribution in [0.2, 0.25) is 0 Å². The summed E-state index contributed by atoms with van der Waals surface area (Å²) in [6.45, 7) is -3.14. The first-order valence-corrected chi connectivity index (χ1v) is 10.6. The fourth-order valence-corrected chi connectivity index (χ4v) is 4.01. The summed E-state index contributed by atoms with van der Waals surface area (Å²) in [7, 11) is 0. The molecule has 3 rings (SSSR count). The number of rotatable bonds is 8. The van der Waals surface area contributed by atoms with Gasteiger partial charge in [-0.05, 0) is 0 Å². The summed E-state index contributed by atoms with van der Waals surface area (Å²) in [5, 5.41) is 109. The van der Waals surface area contributed by atoms with Crippen LogP contribution < -0.4 is 0 Å². The third kappa shape index (κ3) is 8.13. The lowest BCUT2D eigenvalue weighted by atomic mass is 9.98. The van der Waals surface area contributed by atoms with Crippen LogP contribution in [-0.4, -0.2) is 195 Å². The van der Waals surface area contributed by atoms with E-state index in [0.717, 1.165) is 0 Å². The Morgan fingerprint density at radius 3 is 1.46 bits per heavy atom. The highest BCUT2D eigenvalue weighted by Crippen LogP contribution is 2.36. The highest BCUT2D eigenvalue weighted by molar-refractivity contribution is 4.98. The third-order valence-electron chi connectivity index (χ3n) is 6.16. The highest BCUT2D eigenvalue weighted by atomic mass is 16.8. The van der Waals surface area contributed by atoms with E-state index in [1.165, 1.54) is 0 Å². The topological polar surface area (TPSA) is 426 Å². The maximum atomic E-state index is 10.3. The van der Waals surface area contributed by atoms with Crippen LogP contribution >= 0.6 is 0 Å². The van der Waals surface area contributed by atoms with Gasteiger partial charge in [-0.2, -0.15) is 0 Å². The summed E-state index contributed by atoms with van der Waals surface area (Å²) in [6, 6.07) is 0. The van der Waals surface area contributed by atoms with Gasteiger partial charge >= 0.3 is 0 Å². The monoisotopic (exact) mass is 594 g/mol. The fourth-order valence-electron chi connectivity index (χ4n) is 4.01. The Balaban J connectivity index is -0.00000259. The van der Waals surface area contributed by atoms with Gasteiger partial charge in [0.1, 0.15) is 73.8 Å². The maximum absolute atomic E-state index is 10.3. The molecular weight excluding hydrogens is 552 g/mol. The van der Waals surface area contributed by atoms with E-state index >= 15 is 0 Å². The summed E-state index contributed by atoms with van der Waals surface area (Å²) in [4.78, 5) is 0. The van der Waals surface area contributed by atoms with Crippen LogP contribution in [0.3, 0.4) is 0 Å². The zero-order chi connectivity index (χ0) is 25.4. The first-order valence-electron chi connectivity index (χ1n) is 10.6. The van der Waals surface area contributed by atoms with E-state index in [-0.39, 0.29) is 27.4 Å². The number of hydrogen-bond acceptors (Lipinski definition) is 16. The molecule has 0 amide bonds. The van der Waals surface area contributed by atoms with Crippen molar-refractivity contribution in [2.45, 2.75) is 85.5 Å². The van der Waals surface area contributed by atoms with E-state index in [1.54, 1.807) is 0 Å². The molecule has 3 heterocycles. The van der Waals surface area contributed by atoms with Gasteiger partial charge in [0.2, 0.25) is 5.79 Å². The Morgan fingerprint density at radius 2 is 1.00 bits per heavy atom. The molecular formula is C18H42O21. The van der Waals surface area contributed by atoms with Crippen molar-refractivity contribution >= 4 is 0 Å². The highest BCUT2D eigenvalue weighted by Gasteiger charge is 2.58. The van der Waals surface area contributed by atoms with Gasteiger partial charge in [-0.25, -0.2) is 0 Å². The van der Waals surface area contributed by atoms with E-state index < -0.39 is 112 Å². The molecule has 14 atom stereocenters. The van der Waals surface area contributed by atoms with Crippen LogP contribution in [0.4, 0.5) is 0 Å². The van der Waals surface area contributed by atoms with E-state index in [1.807, 2.05) is 0 Å². The Morgan fingerprint density at radius 1 is 0.538 bits per heavy atom. The number of ether oxygens (including phenoxy) is 5. The Hall–Kier alpha value is -0.840. The third-order valence-corrected chi connectivity index (χ3v) is 6.16. The van der Waals surface area contributed by atoms with Crippen molar-refractivity contribution in [3.05, 3.63) is 0 Å². The molecule has 3 saturated heterocycles. The lowest BCUT2D eigenvalue weighted by molar-refractivity contribution is -0.388. The van der Waals surface area contributed by atoms with Crippen molar-refractivity contribution in [1.29, 1.82) is 0 Å². The van der Waals surface area contributed by atoms with Crippen molar-refractivity contribution in [3.63, 3.8) is 0 Å². The van der Waals surface area contributed by atoms with Crippen LogP contribution in [0, 0.1) is 0 Å². The van der Waals surface area contributed by atoms with Crippen LogP contribution in [-0.2, 0) is 23.7 Å². The summed E-state index contributed by atoms with van der Waals surface area (Å²) < 4.78 is 26.4. The van der Waals surface area contributed by atoms with E-state index in [0.29, 0.717) is 0 Å². The van der Waals surface area contributed by atoms with Gasteiger partial charge in [-0.15, -0.1) is 0 Å². The normalized spacial score (nSPS) is 45.5. The molecule has 0 aliphatic carbocycles. The second kappa shape index (κ2) is 17.2. The van der Waals surface area contributed by atoms with Crippen molar-refractivity contribution in [2.24, 2.45) is 0 Å². The molecule has 21 heteroatoms. The van der Waals surface area contributed by atoms with Crippen LogP contribution in [0.5, 0.6) is 0 Å². The Labute approximate surface area is 220 Å². The maximum Gasteiger partial charge on any atom is 0.224 e. The molecule has 0 aromatic carbocycles. The Bertz CT molecular complexity index is 658. The molecule has 0 saturated carbocycles. The second-order valence-electron chi connectivity index (χ2n) is 8.41. The molecule has 0 aromatic heterocycles. The fraction of sp³-hybridized carbons (Fsp3) is 1.00. The minimum Gasteiger partial charge on any atom is -0.412 e. The van der Waals surface area contributed by atoms with Gasteiger partial charge in [-0.3, -0.25) is 0 Å². The summed E-state index contributed by atoms with van der Waals surface area (Å²) in [5.74, 6) is -2.36. The zero-order valence-electron chi connectivity index (χ0n) is 20.3. The first kappa shape index (κ1) is 42.6. The van der Waals surface area contributed by atoms with Gasteiger partial charge in [0.15, 0.2) is 12.6 Å². The molecule has 21 nitrogen and oxygen atoms in total. The van der Waals surface area contributed by atoms with Crippen LogP contribution in [0.15, 0.2) is 0 Å². The zero-order valence-corrected chi connectivity index (χ0v) is 20.3. The standard InChI is InChI=1S/C18H32O16.5H2O/c19-1-5-8(22)11(25)13(27)16(31-5)30-3-7-9(23)12(26)14(28)17(32-7)34-18(4-21)15(29)10(24)6(2-20)33-18;;;;;/h5-17,19-29H,1-4H2;5*1H2/t5?,6?,7?,8?,9?,10?,11?,12?,13?,14?,15?,16?,17?,18-;;;;;/m0...../s1. The molecule has 39 heavy (non-hydrogen) atoms. The van der Waals surface area contributed by atoms with E-state index in [2.05, 4.69) is 0 Å². The predicted molar refractivity (Wildman–Crippen MR) is 119 cm³/mol. The van der Waals surface area contributed by atoms with Gasteiger partial charge in [0.25, 0.3) is 0 Å². The van der Waals surface area contributed by atoms with E-state index in [4.69, 9.17) is 23.7 Å². The van der Waals surface area contributed by atoms with Crippen LogP contribution in [0.1, 0.15) is 0 Å². The summed E-state index contributed by atoms with van der Waals surface area (Å²) in [5.41, 5.74) is 0. The van der Waals surface area contributed by atoms with Gasteiger partial charge in [0.05, 0.1) is 19.8 Å². The predicted octanol–water partition coefficient (Wildman–Crippen LogP) is -11.7. The van der Waals surface area contributed by atoms with Crippen molar-refractivity contribution in [2.75, 3.05) is 26.4 Å². The molecule has 3 aliphatic rings. The number of aliphatic hydroxyl groups is 11. The van der Waals surface area contributed by atoms with Crippen molar-refractivity contribution < 1.29 is 107 Å². The molecule has 3 aliphatic heterocycles. The van der Waals surface area contributed by atoms with Crippen molar-refractivity contribution in [1.82, 2.24) is 0 Å². The average Bonchev–Trinajstić information content (AvgIpc) is 3.08. The largest absolute Gasteiger partial charge is 0.412 e. The number of aliphatic hydroxyl groups excluding tert-OH is 11. The SMILES string of the molecule is O.O.O.O.O.OCC1OC(OCC2OC(O[C@]3(CO)OC(CO)C(O)C3O)C(O)C(O)C2O)C(O)C(O)C1O. The minimum atomic E-state index is -2.36. The molecule has 0 spiro atoms. The summed E-state index contributed by atoms with van der Waals surface area (Å²) in [6.07, 6.45) is -21.8. The molecule has 21 N–H and O–H groups in total. The minimum absolute atomic E-state index is 0. The van der Waals surface area contributed by atoms with Crippen LogP contribution in [0.25, 0.3) is 0 Å². The first-order chi connectivity index (χ1) is 16.0. The summed E-state index contributed by atoms with van der Waals surface area (Å²) >= 11 is 0. The molecule has 0 bridgehead atoms. The molecule has 0 aromatic rings. The van der Waals surface area contributed by atoms with E-state index in [9.17, 15) is 56.2 Å². The van der Waals surface area contributed by atoms with Gasteiger partial charge in [-0.1, -0.05) is 0 Å². The molecule has 0 radical (unpaired) electrons. The molecule has 240 valence electrons. The lowest BCUT2D eigenvalue weighted by Gasteiger charge is -2.44. The van der Waals surface area contributed by atoms with Gasteiger partial charge in [0, 0.05) is 0 Å². The quantitative estimate of drug-likeness (QED) is 0.124. The molecule has 13 unspecified atom stereocenters. The average molecular weight is 595 g/mol. The number of hydrogen-bond donors (Lipinski definition) is 11. The Kier molecular flexibility index (Phi) is 18.8. The van der Waals surface area contributed by atoms with Crippen molar-refractivity contribution in [3.8, 4) is 0 Å². The smallest absolute Gasteiger partial charge is 0.224 e. The van der Waals surface area contributed by atoms with Gasteiger partial charge < -0.3 is 107 Å².